The molecule has 1 atom stereocenters. The molecule has 6 aromatic rings. The minimum absolute atomic E-state index is 0.0289. The van der Waals surface area contributed by atoms with Crippen LogP contribution in [0.3, 0.4) is 0 Å². The molecule has 9 amide bonds. The number of carbonyl (C=O) groups excluding carboxylic acids is 9. The van der Waals surface area contributed by atoms with Crippen LogP contribution in [-0.2, 0) is 61.4 Å². The van der Waals surface area contributed by atoms with Crippen LogP contribution in [0.2, 0.25) is 0 Å². The van der Waals surface area contributed by atoms with Crippen LogP contribution in [0.25, 0.3) is 0 Å². The Bertz CT molecular complexity index is 3290. The smallest absolute Gasteiger partial charge is 0.408 e. The van der Waals surface area contributed by atoms with Crippen molar-refractivity contribution in [2.24, 2.45) is 42.3 Å². The lowest BCUT2D eigenvalue weighted by atomic mass is 10.2. The fraction of sp³-hybridized carbons (Fsp3) is 0.354. The molecule has 10 N–H and O–H groups in total. The Morgan fingerprint density at radius 1 is 0.538 bits per heavy atom. The Morgan fingerprint density at radius 2 is 1.00 bits per heavy atom. The molecule has 30 heteroatoms. The number of alkyl carbamates (subject to hydrolysis) is 1. The summed E-state index contributed by atoms with van der Waals surface area (Å²) in [6.07, 6.45) is 8.99. The van der Waals surface area contributed by atoms with Gasteiger partial charge in [-0.3, -0.25) is 38.4 Å². The number of hydrogen-bond acceptors (Lipinski definition) is 14. The van der Waals surface area contributed by atoms with Crippen LogP contribution in [0.5, 0.6) is 0 Å². The summed E-state index contributed by atoms with van der Waals surface area (Å²) in [7, 11) is 9.42. The Balaban J connectivity index is 0.969. The highest BCUT2D eigenvalue weighted by atomic mass is 16.6. The molecule has 0 saturated heterocycles. The highest BCUT2D eigenvalue weighted by molar-refractivity contribution is 6.05. The average Bonchev–Trinajstić information content (AvgIpc) is 4.22. The lowest BCUT2D eigenvalue weighted by Gasteiger charge is -2.23. The summed E-state index contributed by atoms with van der Waals surface area (Å²) in [5.41, 5.74) is 0.246. The third-order valence-corrected chi connectivity index (χ3v) is 11.2. The number of aromatic nitrogens is 9. The number of nitrogens with one attached hydrogen (secondary N) is 9. The van der Waals surface area contributed by atoms with Crippen LogP contribution in [0.15, 0.2) is 61.6 Å². The highest BCUT2D eigenvalue weighted by Gasteiger charge is 2.27. The topological polar surface area (TPSA) is 377 Å². The van der Waals surface area contributed by atoms with Gasteiger partial charge in [-0.25, -0.2) is 24.5 Å². The standard InChI is InChI=1S/C48H60N18O12/c1-48(2,3)78-47(77)56-29(40(69)60-34-25-65(8)38(59-34)43(72)52-15-11-35(67)53-26-20-32(46(75)76)64(7)21-26)10-13-50-41(70)30-19-28(23-63(30)6)55-45(74)39-58-33(24-66(39)9)57-36(68)12-14-51-42(71)31-18-27(22-62(31)5)54-44(73)37-49-16-17-61(37)4/h16-25,29H,10-15H2,1-9H3,(H,50,70)(H,51,71)(H,52,72)(H,53,67)(H,54,73)(H,55,74)(H,56,77)(H,57,68)(H,60,69)(H,75,76)/t29-/m1/s1. The molecule has 6 rings (SSSR count). The molecule has 6 heterocycles. The monoisotopic (exact) mass is 1080 g/mol. The number of rotatable bonds is 22. The summed E-state index contributed by atoms with van der Waals surface area (Å²) < 4.78 is 13.9. The number of hydrogen-bond donors (Lipinski definition) is 10. The summed E-state index contributed by atoms with van der Waals surface area (Å²) in [6.45, 7) is 4.60. The van der Waals surface area contributed by atoms with E-state index in [0.717, 1.165) is 0 Å². The minimum Gasteiger partial charge on any atom is -0.477 e. The molecule has 0 aromatic carbocycles. The summed E-state index contributed by atoms with van der Waals surface area (Å²) >= 11 is 0. The Labute approximate surface area is 444 Å². The lowest BCUT2D eigenvalue weighted by Crippen LogP contribution is -2.47. The van der Waals surface area contributed by atoms with E-state index in [-0.39, 0.29) is 96.5 Å². The molecule has 6 aromatic heterocycles. The first kappa shape index (κ1) is 57.3. The van der Waals surface area contributed by atoms with E-state index in [2.05, 4.69) is 62.8 Å². The fourth-order valence-corrected chi connectivity index (χ4v) is 7.53. The zero-order chi connectivity index (χ0) is 57.2. The number of carbonyl (C=O) groups is 10. The van der Waals surface area contributed by atoms with Gasteiger partial charge >= 0.3 is 12.1 Å². The van der Waals surface area contributed by atoms with Gasteiger partial charge in [0.05, 0.1) is 17.1 Å². The van der Waals surface area contributed by atoms with E-state index in [4.69, 9.17) is 4.74 Å². The molecule has 0 aliphatic carbocycles. The predicted molar refractivity (Wildman–Crippen MR) is 279 cm³/mol. The maximum Gasteiger partial charge on any atom is 0.408 e. The molecule has 414 valence electrons. The van der Waals surface area contributed by atoms with Gasteiger partial charge in [0.25, 0.3) is 29.5 Å². The number of aryl methyl sites for hydroxylation is 6. The molecule has 0 saturated carbocycles. The molecule has 0 radical (unpaired) electrons. The molecule has 0 aliphatic heterocycles. The summed E-state index contributed by atoms with van der Waals surface area (Å²) in [6, 6.07) is 2.89. The Kier molecular flexibility index (Phi) is 18.0. The number of anilines is 5. The van der Waals surface area contributed by atoms with Crippen molar-refractivity contribution in [3.05, 3.63) is 96.1 Å². The maximum atomic E-state index is 13.6. The van der Waals surface area contributed by atoms with E-state index in [9.17, 15) is 53.1 Å². The molecule has 0 unspecified atom stereocenters. The second kappa shape index (κ2) is 24.5. The second-order valence-corrected chi connectivity index (χ2v) is 18.7. The van der Waals surface area contributed by atoms with Gasteiger partial charge in [-0.15, -0.1) is 0 Å². The molecule has 0 aliphatic rings. The van der Waals surface area contributed by atoms with Gasteiger partial charge in [0.1, 0.15) is 28.7 Å². The van der Waals surface area contributed by atoms with Crippen molar-refractivity contribution in [3.63, 3.8) is 0 Å². The number of carboxylic acid groups (broad SMARTS) is 1. The van der Waals surface area contributed by atoms with E-state index >= 15 is 0 Å². The Morgan fingerprint density at radius 3 is 1.51 bits per heavy atom. The first-order valence-corrected chi connectivity index (χ1v) is 23.9. The normalized spacial score (nSPS) is 11.4. The van der Waals surface area contributed by atoms with Crippen LogP contribution in [0, 0.1) is 0 Å². The fourth-order valence-electron chi connectivity index (χ4n) is 7.53. The van der Waals surface area contributed by atoms with Gasteiger partial charge in [0, 0.05) is 118 Å². The largest absolute Gasteiger partial charge is 0.477 e. The van der Waals surface area contributed by atoms with E-state index < -0.39 is 71.0 Å². The molecule has 0 fully saturated rings. The van der Waals surface area contributed by atoms with Crippen molar-refractivity contribution in [1.82, 2.24) is 63.6 Å². The van der Waals surface area contributed by atoms with E-state index in [1.54, 1.807) is 58.9 Å². The highest BCUT2D eigenvalue weighted by Crippen LogP contribution is 2.18. The number of ether oxygens (including phenoxy) is 1. The van der Waals surface area contributed by atoms with Crippen LogP contribution < -0.4 is 47.9 Å². The summed E-state index contributed by atoms with van der Waals surface area (Å²) in [5, 5.41) is 32.7. The summed E-state index contributed by atoms with van der Waals surface area (Å²) in [5.74, 6) is -5.84. The molecule has 0 spiro atoms. The third-order valence-electron chi connectivity index (χ3n) is 11.2. The molecular weight excluding hydrogens is 1020 g/mol. The number of carboxylic acids is 1. The molecule has 78 heavy (non-hydrogen) atoms. The average molecular weight is 1080 g/mol. The zero-order valence-corrected chi connectivity index (χ0v) is 44.1. The van der Waals surface area contributed by atoms with Crippen LogP contribution in [0.4, 0.5) is 33.5 Å². The van der Waals surface area contributed by atoms with Gasteiger partial charge in [0.2, 0.25) is 29.4 Å². The van der Waals surface area contributed by atoms with Gasteiger partial charge in [-0.1, -0.05) is 0 Å². The SMILES string of the molecule is Cn1cc(NC(=O)CCNC(=O)c2nc(NC(=O)[C@@H](CCNC(=O)c3cc(NC(=O)c4nc(NC(=O)CCNC(=O)c5cc(NC(=O)c6nccn6C)cn5C)cn4C)cn3C)NC(=O)OC(C)(C)C)cn2C)cc1C(=O)O. The van der Waals surface area contributed by atoms with E-state index in [0.29, 0.717) is 5.69 Å². The molecule has 30 nitrogen and oxygen atoms in total. The van der Waals surface area contributed by atoms with Crippen molar-refractivity contribution >= 4 is 88.0 Å². The molecular formula is C48H60N18O12. The second-order valence-electron chi connectivity index (χ2n) is 18.7. The van der Waals surface area contributed by atoms with Crippen molar-refractivity contribution in [2.75, 3.05) is 46.2 Å². The maximum absolute atomic E-state index is 13.6. The number of nitrogens with zero attached hydrogens (tertiary/aromatic N) is 9. The lowest BCUT2D eigenvalue weighted by molar-refractivity contribution is -0.118. The minimum atomic E-state index is -1.29. The predicted octanol–water partition coefficient (Wildman–Crippen LogP) is 1.27. The van der Waals surface area contributed by atoms with Gasteiger partial charge in [-0.05, 0) is 45.4 Å². The van der Waals surface area contributed by atoms with Crippen molar-refractivity contribution in [3.8, 4) is 0 Å². The first-order valence-electron chi connectivity index (χ1n) is 23.9. The number of aromatic carboxylic acids is 1. The van der Waals surface area contributed by atoms with E-state index in [1.165, 1.54) is 93.2 Å². The van der Waals surface area contributed by atoms with Crippen LogP contribution >= 0.6 is 0 Å². The number of imidazole rings is 3. The van der Waals surface area contributed by atoms with Crippen molar-refractivity contribution < 1.29 is 57.8 Å². The van der Waals surface area contributed by atoms with Gasteiger partial charge in [-0.2, -0.15) is 0 Å². The molecule has 0 bridgehead atoms. The van der Waals surface area contributed by atoms with Crippen molar-refractivity contribution in [2.45, 2.75) is 51.7 Å². The number of amides is 9. The Hall–Kier alpha value is -10.0. The van der Waals surface area contributed by atoms with Gasteiger partial charge < -0.3 is 85.1 Å². The zero-order valence-electron chi connectivity index (χ0n) is 44.1. The first-order chi connectivity index (χ1) is 36.7. The summed E-state index contributed by atoms with van der Waals surface area (Å²) in [4.78, 5) is 141. The van der Waals surface area contributed by atoms with E-state index in [1.807, 2.05) is 0 Å². The quantitative estimate of drug-likeness (QED) is 0.0458. The van der Waals surface area contributed by atoms with Gasteiger partial charge in [0.15, 0.2) is 17.5 Å². The van der Waals surface area contributed by atoms with Crippen LogP contribution in [-0.4, -0.2) is 138 Å². The van der Waals surface area contributed by atoms with Crippen LogP contribution in [0.1, 0.15) is 103 Å². The third kappa shape index (κ3) is 15.3. The van der Waals surface area contributed by atoms with Crippen molar-refractivity contribution in [1.29, 1.82) is 0 Å².